The third-order valence-corrected chi connectivity index (χ3v) is 9.89. The predicted molar refractivity (Wildman–Crippen MR) is 178 cm³/mol. The van der Waals surface area contributed by atoms with Gasteiger partial charge in [0, 0.05) is 37.9 Å². The number of fused-ring (bicyclic) bond motifs is 1. The number of hydrogen-bond acceptors (Lipinski definition) is 7. The number of piperazine rings is 1. The Morgan fingerprint density at radius 2 is 1.96 bits per heavy atom. The summed E-state index contributed by atoms with van der Waals surface area (Å²) in [7, 11) is 0. The molecular weight excluding hydrogens is 583 g/mol. The molecule has 4 atom stereocenters. The van der Waals surface area contributed by atoms with Crippen LogP contribution in [0.1, 0.15) is 58.8 Å². The molecule has 4 aromatic rings. The van der Waals surface area contributed by atoms with E-state index in [2.05, 4.69) is 65.6 Å². The Morgan fingerprint density at radius 1 is 1.15 bits per heavy atom. The van der Waals surface area contributed by atoms with Crippen molar-refractivity contribution in [3.05, 3.63) is 76.4 Å². The van der Waals surface area contributed by atoms with Crippen LogP contribution in [0.5, 0.6) is 0 Å². The molecule has 0 radical (unpaired) electrons. The van der Waals surface area contributed by atoms with Gasteiger partial charge in [0.2, 0.25) is 0 Å². The average Bonchev–Trinajstić information content (AvgIpc) is 3.53. The molecule has 244 valence electrons. The van der Waals surface area contributed by atoms with Gasteiger partial charge in [-0.1, -0.05) is 39.8 Å². The second-order valence-corrected chi connectivity index (χ2v) is 13.8. The SMILES string of the molecule is CC1CN(C(=NC2C[C@@H](C)C(C)(C)CC2C)Nc2ccc3c(=O)n(CCc4ccc(F)cc4)c(Cn4ncnn4)nc3c2)CCN1. The van der Waals surface area contributed by atoms with E-state index in [9.17, 15) is 9.18 Å². The molecule has 12 heteroatoms. The molecule has 2 aromatic carbocycles. The fourth-order valence-corrected chi connectivity index (χ4v) is 6.84. The third kappa shape index (κ3) is 7.11. The second-order valence-electron chi connectivity index (χ2n) is 13.8. The van der Waals surface area contributed by atoms with E-state index in [4.69, 9.17) is 9.98 Å². The smallest absolute Gasteiger partial charge is 0.261 e. The van der Waals surface area contributed by atoms with E-state index >= 15 is 0 Å². The first-order valence-corrected chi connectivity index (χ1v) is 16.4. The van der Waals surface area contributed by atoms with Gasteiger partial charge in [0.25, 0.3) is 5.56 Å². The highest BCUT2D eigenvalue weighted by molar-refractivity contribution is 5.96. The molecule has 3 heterocycles. The Bertz CT molecular complexity index is 1730. The molecule has 11 nitrogen and oxygen atoms in total. The highest BCUT2D eigenvalue weighted by Crippen LogP contribution is 2.44. The van der Waals surface area contributed by atoms with Gasteiger partial charge in [0.1, 0.15) is 18.2 Å². The van der Waals surface area contributed by atoms with Crippen LogP contribution in [0.25, 0.3) is 10.9 Å². The molecule has 3 unspecified atom stereocenters. The van der Waals surface area contributed by atoms with Gasteiger partial charge in [-0.05, 0) is 84.5 Å². The van der Waals surface area contributed by atoms with Crippen molar-refractivity contribution in [2.45, 2.75) is 79.1 Å². The fraction of sp³-hybridized carbons (Fsp3) is 0.529. The molecule has 46 heavy (non-hydrogen) atoms. The quantitative estimate of drug-likeness (QED) is 0.229. The van der Waals surface area contributed by atoms with Crippen molar-refractivity contribution in [1.29, 1.82) is 0 Å². The molecule has 1 aliphatic heterocycles. The van der Waals surface area contributed by atoms with E-state index in [0.29, 0.717) is 53.0 Å². The lowest BCUT2D eigenvalue weighted by molar-refractivity contribution is 0.0979. The van der Waals surface area contributed by atoms with Crippen molar-refractivity contribution in [1.82, 2.24) is 40.0 Å². The van der Waals surface area contributed by atoms with Crippen LogP contribution in [-0.2, 0) is 19.5 Å². The van der Waals surface area contributed by atoms with Gasteiger partial charge in [-0.25, -0.2) is 14.4 Å². The minimum absolute atomic E-state index is 0.147. The summed E-state index contributed by atoms with van der Waals surface area (Å²) in [5.41, 5.74) is 2.49. The van der Waals surface area contributed by atoms with Gasteiger partial charge in [0.05, 0.1) is 16.9 Å². The second kappa shape index (κ2) is 13.3. The molecule has 0 amide bonds. The monoisotopic (exact) mass is 628 g/mol. The number of nitrogens with zero attached hydrogens (tertiary/aromatic N) is 8. The number of aryl methyl sites for hydroxylation is 1. The largest absolute Gasteiger partial charge is 0.340 e. The number of aromatic nitrogens is 6. The van der Waals surface area contributed by atoms with Crippen LogP contribution < -0.4 is 16.2 Å². The summed E-state index contributed by atoms with van der Waals surface area (Å²) in [6.45, 7) is 14.8. The lowest BCUT2D eigenvalue weighted by atomic mass is 9.64. The Kier molecular flexibility index (Phi) is 9.17. The van der Waals surface area contributed by atoms with Crippen LogP contribution in [0, 0.1) is 23.1 Å². The standard InChI is InChI=1S/C34H45FN10O/c1-22-18-34(4,5)23(2)16-29(22)41-33(43-15-13-36-24(3)19-43)39-27-10-11-28-30(17-27)40-31(20-45-38-21-37-42-45)44(32(28)46)14-12-25-6-8-26(35)9-7-25/h6-11,17,21-24,29,36H,12-16,18-20H2,1-5H3,(H,39,41)/t22?,23-,24?,29?/m1/s1. The summed E-state index contributed by atoms with van der Waals surface area (Å²) in [4.78, 5) is 28.0. The van der Waals surface area contributed by atoms with Gasteiger partial charge in [-0.3, -0.25) is 9.36 Å². The number of aliphatic imine (C=N–C) groups is 1. The molecule has 1 saturated carbocycles. The molecule has 1 saturated heterocycles. The zero-order valence-corrected chi connectivity index (χ0v) is 27.4. The molecule has 0 bridgehead atoms. The maximum atomic E-state index is 13.9. The van der Waals surface area contributed by atoms with E-state index in [-0.39, 0.29) is 24.0 Å². The molecule has 2 fully saturated rings. The summed E-state index contributed by atoms with van der Waals surface area (Å²) in [6, 6.07) is 12.6. The molecule has 2 aromatic heterocycles. The van der Waals surface area contributed by atoms with E-state index in [1.54, 1.807) is 16.7 Å². The number of hydrogen-bond donors (Lipinski definition) is 2. The molecule has 0 spiro atoms. The topological polar surface area (TPSA) is 118 Å². The predicted octanol–water partition coefficient (Wildman–Crippen LogP) is 4.34. The number of halogens is 1. The van der Waals surface area contributed by atoms with E-state index in [1.165, 1.54) is 23.3 Å². The van der Waals surface area contributed by atoms with Crippen LogP contribution in [0.2, 0.25) is 0 Å². The van der Waals surface area contributed by atoms with Crippen molar-refractivity contribution in [2.24, 2.45) is 22.2 Å². The van der Waals surface area contributed by atoms with Crippen molar-refractivity contribution < 1.29 is 4.39 Å². The lowest BCUT2D eigenvalue weighted by Gasteiger charge is -2.43. The van der Waals surface area contributed by atoms with Crippen LogP contribution in [0.15, 0.2) is 58.6 Å². The minimum Gasteiger partial charge on any atom is -0.340 e. The normalized spacial score (nSPS) is 23.5. The molecule has 1 aliphatic carbocycles. The van der Waals surface area contributed by atoms with Crippen molar-refractivity contribution in [3.8, 4) is 0 Å². The lowest BCUT2D eigenvalue weighted by Crippen LogP contribution is -2.53. The number of benzene rings is 2. The zero-order valence-electron chi connectivity index (χ0n) is 27.4. The molecular formula is C34H45FN10O. The summed E-state index contributed by atoms with van der Waals surface area (Å²) >= 11 is 0. The Hall–Kier alpha value is -4.19. The minimum atomic E-state index is -0.290. The van der Waals surface area contributed by atoms with Crippen molar-refractivity contribution in [2.75, 3.05) is 25.0 Å². The highest BCUT2D eigenvalue weighted by Gasteiger charge is 2.38. The molecule has 6 rings (SSSR count). The Morgan fingerprint density at radius 3 is 2.70 bits per heavy atom. The van der Waals surface area contributed by atoms with Crippen molar-refractivity contribution in [3.63, 3.8) is 0 Å². The van der Waals surface area contributed by atoms with E-state index in [1.807, 2.05) is 18.2 Å². The summed E-state index contributed by atoms with van der Waals surface area (Å²) < 4.78 is 15.1. The molecule has 2 N–H and O–H groups in total. The number of tetrazole rings is 1. The van der Waals surface area contributed by atoms with Gasteiger partial charge in [-0.15, -0.1) is 10.2 Å². The first kappa shape index (κ1) is 31.8. The summed E-state index contributed by atoms with van der Waals surface area (Å²) in [5.74, 6) is 2.15. The van der Waals surface area contributed by atoms with Gasteiger partial charge >= 0.3 is 0 Å². The van der Waals surface area contributed by atoms with Crippen LogP contribution in [0.4, 0.5) is 10.1 Å². The van der Waals surface area contributed by atoms with Gasteiger partial charge in [0.15, 0.2) is 12.3 Å². The van der Waals surface area contributed by atoms with Crippen LogP contribution in [0.3, 0.4) is 0 Å². The average molecular weight is 629 g/mol. The maximum Gasteiger partial charge on any atom is 0.261 e. The maximum absolute atomic E-state index is 13.9. The molecule has 2 aliphatic rings. The van der Waals surface area contributed by atoms with Crippen LogP contribution in [-0.4, -0.2) is 72.3 Å². The third-order valence-electron chi connectivity index (χ3n) is 9.89. The first-order chi connectivity index (χ1) is 22.1. The zero-order chi connectivity index (χ0) is 32.4. The Labute approximate surface area is 269 Å². The summed E-state index contributed by atoms with van der Waals surface area (Å²) in [5, 5.41) is 19.7. The van der Waals surface area contributed by atoms with E-state index in [0.717, 1.165) is 49.7 Å². The fourth-order valence-electron chi connectivity index (χ4n) is 6.84. The number of anilines is 1. The highest BCUT2D eigenvalue weighted by atomic mass is 19.1. The number of nitrogens with one attached hydrogen (secondary N) is 2. The summed E-state index contributed by atoms with van der Waals surface area (Å²) in [6.07, 6.45) is 4.10. The van der Waals surface area contributed by atoms with Crippen molar-refractivity contribution >= 4 is 22.5 Å². The van der Waals surface area contributed by atoms with E-state index < -0.39 is 0 Å². The Balaban J connectivity index is 1.33. The number of guanidine groups is 1. The van der Waals surface area contributed by atoms with Gasteiger partial charge in [-0.2, -0.15) is 4.80 Å². The first-order valence-electron chi connectivity index (χ1n) is 16.4. The number of rotatable bonds is 7. The van der Waals surface area contributed by atoms with Gasteiger partial charge < -0.3 is 15.5 Å². The van der Waals surface area contributed by atoms with Crippen LogP contribution >= 0.6 is 0 Å².